The molecule has 1 aromatic carbocycles. The van der Waals surface area contributed by atoms with Crippen LogP contribution in [0.15, 0.2) is 54.2 Å². The molecule has 4 aromatic rings. The van der Waals surface area contributed by atoms with Crippen LogP contribution < -0.4 is 16.0 Å². The van der Waals surface area contributed by atoms with Crippen molar-refractivity contribution in [1.29, 1.82) is 0 Å². The van der Waals surface area contributed by atoms with E-state index in [1.165, 1.54) is 17.4 Å². The van der Waals surface area contributed by atoms with E-state index in [0.717, 1.165) is 5.56 Å². The first-order valence-corrected chi connectivity index (χ1v) is 13.9. The average molecular weight is 593 g/mol. The van der Waals surface area contributed by atoms with Gasteiger partial charge >= 0.3 is 12.1 Å². The van der Waals surface area contributed by atoms with Gasteiger partial charge in [-0.15, -0.1) is 11.3 Å². The number of anilines is 3. The third kappa shape index (κ3) is 7.43. The summed E-state index contributed by atoms with van der Waals surface area (Å²) in [4.78, 5) is 54.2. The van der Waals surface area contributed by atoms with E-state index in [9.17, 15) is 19.2 Å². The molecule has 3 aromatic heterocycles. The van der Waals surface area contributed by atoms with E-state index in [1.54, 1.807) is 99.0 Å². The number of nitrogens with one attached hydrogen (secondary N) is 3. The summed E-state index contributed by atoms with van der Waals surface area (Å²) in [5.41, 5.74) is 2.41. The van der Waals surface area contributed by atoms with Crippen molar-refractivity contribution in [3.05, 3.63) is 71.3 Å². The SMILES string of the molecule is CCOC(=O)c1csc(-c2ccc(NC(=O)c3cc(NC(=O)c4cc(NC(=O)OC(C)(C)C)cn4C)cn3C)cc2)n1. The van der Waals surface area contributed by atoms with Crippen LogP contribution in [0.4, 0.5) is 21.9 Å². The van der Waals surface area contributed by atoms with Gasteiger partial charge in [-0.05, 0) is 64.1 Å². The number of carbonyl (C=O) groups excluding carboxylic acids is 4. The van der Waals surface area contributed by atoms with Crippen molar-refractivity contribution in [2.75, 3.05) is 22.6 Å². The molecule has 13 heteroatoms. The van der Waals surface area contributed by atoms with E-state index in [-0.39, 0.29) is 18.2 Å². The summed E-state index contributed by atoms with van der Waals surface area (Å²) in [6, 6.07) is 10.2. The lowest BCUT2D eigenvalue weighted by Crippen LogP contribution is -2.27. The molecule has 0 bridgehead atoms. The zero-order chi connectivity index (χ0) is 30.6. The lowest BCUT2D eigenvalue weighted by Gasteiger charge is -2.19. The van der Waals surface area contributed by atoms with Crippen LogP contribution in [-0.2, 0) is 23.6 Å². The van der Waals surface area contributed by atoms with E-state index < -0.39 is 23.6 Å². The Morgan fingerprint density at radius 1 is 0.857 bits per heavy atom. The second kappa shape index (κ2) is 12.3. The molecule has 0 saturated heterocycles. The molecule has 0 radical (unpaired) electrons. The maximum absolute atomic E-state index is 13.0. The van der Waals surface area contributed by atoms with Crippen molar-refractivity contribution in [1.82, 2.24) is 14.1 Å². The van der Waals surface area contributed by atoms with Crippen molar-refractivity contribution in [3.63, 3.8) is 0 Å². The van der Waals surface area contributed by atoms with Crippen LogP contribution in [0.1, 0.15) is 59.2 Å². The van der Waals surface area contributed by atoms with Crippen LogP contribution in [0.2, 0.25) is 0 Å². The fraction of sp³-hybridized carbons (Fsp3) is 0.276. The van der Waals surface area contributed by atoms with Gasteiger partial charge in [0.25, 0.3) is 11.8 Å². The van der Waals surface area contributed by atoms with E-state index >= 15 is 0 Å². The molecule has 0 aliphatic rings. The first kappa shape index (κ1) is 30.1. The lowest BCUT2D eigenvalue weighted by atomic mass is 10.2. The van der Waals surface area contributed by atoms with Gasteiger partial charge in [-0.2, -0.15) is 0 Å². The largest absolute Gasteiger partial charge is 0.461 e. The normalized spacial score (nSPS) is 11.1. The number of rotatable bonds is 8. The Labute approximate surface area is 246 Å². The Hall–Kier alpha value is -4.91. The first-order chi connectivity index (χ1) is 19.8. The number of hydrogen-bond donors (Lipinski definition) is 3. The molecule has 0 aliphatic heterocycles. The second-order valence-electron chi connectivity index (χ2n) is 10.3. The van der Waals surface area contributed by atoms with E-state index in [4.69, 9.17) is 9.47 Å². The number of ether oxygens (including phenoxy) is 2. The van der Waals surface area contributed by atoms with Gasteiger partial charge in [-0.3, -0.25) is 14.9 Å². The second-order valence-corrected chi connectivity index (χ2v) is 11.2. The minimum absolute atomic E-state index is 0.255. The van der Waals surface area contributed by atoms with Crippen LogP contribution in [-0.4, -0.2) is 50.2 Å². The number of benzene rings is 1. The van der Waals surface area contributed by atoms with Crippen LogP contribution in [0.25, 0.3) is 10.6 Å². The Morgan fingerprint density at radius 3 is 1.95 bits per heavy atom. The third-order valence-corrected chi connectivity index (χ3v) is 6.65. The molecular formula is C29H32N6O6S. The Kier molecular flexibility index (Phi) is 8.81. The number of carbonyl (C=O) groups is 4. The summed E-state index contributed by atoms with van der Waals surface area (Å²) in [6.45, 7) is 7.29. The van der Waals surface area contributed by atoms with Gasteiger partial charge in [-0.1, -0.05) is 0 Å². The zero-order valence-electron chi connectivity index (χ0n) is 24.1. The molecule has 0 saturated carbocycles. The fourth-order valence-electron chi connectivity index (χ4n) is 3.93. The summed E-state index contributed by atoms with van der Waals surface area (Å²) in [6.07, 6.45) is 2.60. The topological polar surface area (TPSA) is 146 Å². The van der Waals surface area contributed by atoms with Crippen molar-refractivity contribution >= 4 is 52.3 Å². The number of nitrogens with zero attached hydrogens (tertiary/aromatic N) is 3. The Balaban J connectivity index is 1.38. The van der Waals surface area contributed by atoms with Crippen LogP contribution >= 0.6 is 11.3 Å². The predicted molar refractivity (Wildman–Crippen MR) is 160 cm³/mol. The van der Waals surface area contributed by atoms with Gasteiger partial charge in [0.1, 0.15) is 22.0 Å². The lowest BCUT2D eigenvalue weighted by molar-refractivity contribution is 0.0519. The predicted octanol–water partition coefficient (Wildman–Crippen LogP) is 5.52. The summed E-state index contributed by atoms with van der Waals surface area (Å²) in [5, 5.41) is 10.5. The molecule has 220 valence electrons. The Morgan fingerprint density at radius 2 is 1.40 bits per heavy atom. The standard InChI is InChI=1S/C29H32N6O6S/c1-7-40-27(38)21-16-42-26(33-21)17-8-10-18(11-9-17)30-24(36)22-12-19(14-34(22)5)31-25(37)23-13-20(15-35(23)6)32-28(39)41-29(2,3)4/h8-16H,7H2,1-6H3,(H,30,36)(H,31,37)(H,32,39). The van der Waals surface area contributed by atoms with Crippen molar-refractivity contribution in [2.24, 2.45) is 14.1 Å². The van der Waals surface area contributed by atoms with E-state index in [0.29, 0.717) is 33.5 Å². The number of amides is 3. The maximum Gasteiger partial charge on any atom is 0.412 e. The molecule has 3 heterocycles. The maximum atomic E-state index is 13.0. The van der Waals surface area contributed by atoms with Gasteiger partial charge in [0, 0.05) is 43.1 Å². The zero-order valence-corrected chi connectivity index (χ0v) is 24.9. The highest BCUT2D eigenvalue weighted by Crippen LogP contribution is 2.26. The molecule has 0 spiro atoms. The molecule has 42 heavy (non-hydrogen) atoms. The fourth-order valence-corrected chi connectivity index (χ4v) is 4.73. The van der Waals surface area contributed by atoms with E-state index in [1.807, 2.05) is 0 Å². The highest BCUT2D eigenvalue weighted by Gasteiger charge is 2.20. The molecule has 12 nitrogen and oxygen atoms in total. The van der Waals surface area contributed by atoms with Crippen LogP contribution in [0, 0.1) is 0 Å². The highest BCUT2D eigenvalue weighted by molar-refractivity contribution is 7.13. The minimum Gasteiger partial charge on any atom is -0.461 e. The van der Waals surface area contributed by atoms with Crippen LogP contribution in [0.3, 0.4) is 0 Å². The molecule has 0 unspecified atom stereocenters. The summed E-state index contributed by atoms with van der Waals surface area (Å²) in [7, 11) is 3.38. The molecule has 3 N–H and O–H groups in total. The summed E-state index contributed by atoms with van der Waals surface area (Å²) < 4.78 is 13.4. The van der Waals surface area contributed by atoms with Gasteiger partial charge < -0.3 is 29.2 Å². The summed E-state index contributed by atoms with van der Waals surface area (Å²) in [5.74, 6) is -1.26. The van der Waals surface area contributed by atoms with Crippen molar-refractivity contribution < 1.29 is 28.7 Å². The number of aryl methyl sites for hydroxylation is 2. The van der Waals surface area contributed by atoms with Crippen molar-refractivity contribution in [2.45, 2.75) is 33.3 Å². The number of thiazole rings is 1. The number of hydrogen-bond acceptors (Lipinski definition) is 8. The first-order valence-electron chi connectivity index (χ1n) is 13.0. The monoisotopic (exact) mass is 592 g/mol. The number of aromatic nitrogens is 3. The third-order valence-electron chi connectivity index (χ3n) is 5.76. The van der Waals surface area contributed by atoms with E-state index in [2.05, 4.69) is 20.9 Å². The molecular weight excluding hydrogens is 560 g/mol. The highest BCUT2D eigenvalue weighted by atomic mass is 32.1. The molecule has 3 amide bonds. The van der Waals surface area contributed by atoms with Gasteiger partial charge in [-0.25, -0.2) is 14.6 Å². The molecule has 0 fully saturated rings. The smallest absolute Gasteiger partial charge is 0.412 e. The average Bonchev–Trinajstić information content (AvgIpc) is 3.62. The summed E-state index contributed by atoms with van der Waals surface area (Å²) >= 11 is 1.33. The molecule has 4 rings (SSSR count). The molecule has 0 aliphatic carbocycles. The van der Waals surface area contributed by atoms with Crippen molar-refractivity contribution in [3.8, 4) is 10.6 Å². The molecule has 0 atom stereocenters. The van der Waals surface area contributed by atoms with Gasteiger partial charge in [0.15, 0.2) is 5.69 Å². The minimum atomic E-state index is -0.654. The van der Waals surface area contributed by atoms with Crippen LogP contribution in [0.5, 0.6) is 0 Å². The Bertz CT molecular complexity index is 1630. The van der Waals surface area contributed by atoms with Gasteiger partial charge in [0.05, 0.1) is 18.0 Å². The number of esters is 1. The van der Waals surface area contributed by atoms with Gasteiger partial charge in [0.2, 0.25) is 0 Å². The quantitative estimate of drug-likeness (QED) is 0.229.